The first-order valence-electron chi connectivity index (χ1n) is 6.52. The number of para-hydroxylation sites is 1. The van der Waals surface area contributed by atoms with Crippen molar-refractivity contribution in [1.82, 2.24) is 25.5 Å². The molecule has 104 valence electrons. The predicted molar refractivity (Wildman–Crippen MR) is 76.1 cm³/mol. The fourth-order valence-electron chi connectivity index (χ4n) is 1.74. The molecule has 1 aromatic carbocycles. The number of nitrogens with zero attached hydrogens (tertiary/aromatic N) is 4. The first-order valence-corrected chi connectivity index (χ1v) is 6.52. The molecule has 0 aliphatic carbocycles. The second kappa shape index (κ2) is 6.60. The van der Waals surface area contributed by atoms with Gasteiger partial charge in [0.2, 0.25) is 0 Å². The molecule has 0 radical (unpaired) electrons. The topological polar surface area (TPSA) is 72.7 Å². The minimum absolute atomic E-state index is 0.0828. The number of hydrogen-bond acceptors (Lipinski definition) is 5. The van der Waals surface area contributed by atoms with E-state index in [9.17, 15) is 4.79 Å². The van der Waals surface area contributed by atoms with Crippen LogP contribution < -0.4 is 5.32 Å². The summed E-state index contributed by atoms with van der Waals surface area (Å²) in [7, 11) is 0. The number of carbonyl (C=O) groups is 1. The Kier molecular flexibility index (Phi) is 4.60. The monoisotopic (exact) mass is 271 g/mol. The molecular weight excluding hydrogens is 254 g/mol. The van der Waals surface area contributed by atoms with Gasteiger partial charge in [-0.15, -0.1) is 5.10 Å². The summed E-state index contributed by atoms with van der Waals surface area (Å²) in [5.41, 5.74) is 1.28. The molecule has 20 heavy (non-hydrogen) atoms. The number of rotatable bonds is 6. The Balaban J connectivity index is 2.39. The van der Waals surface area contributed by atoms with E-state index >= 15 is 0 Å². The van der Waals surface area contributed by atoms with Gasteiger partial charge in [-0.2, -0.15) is 4.68 Å². The molecule has 1 aromatic heterocycles. The molecule has 0 amide bonds. The van der Waals surface area contributed by atoms with E-state index in [-0.39, 0.29) is 5.78 Å². The average Bonchev–Trinajstić information content (AvgIpc) is 2.93. The van der Waals surface area contributed by atoms with Crippen LogP contribution >= 0.6 is 0 Å². The summed E-state index contributed by atoms with van der Waals surface area (Å²) < 4.78 is 1.56. The average molecular weight is 271 g/mol. The molecule has 6 heteroatoms. The Morgan fingerprint density at radius 1 is 1.35 bits per heavy atom. The zero-order valence-corrected chi connectivity index (χ0v) is 11.6. The molecule has 0 aliphatic rings. The van der Waals surface area contributed by atoms with Crippen molar-refractivity contribution in [2.45, 2.75) is 20.3 Å². The Hall–Kier alpha value is -2.50. The van der Waals surface area contributed by atoms with Crippen molar-refractivity contribution < 1.29 is 4.79 Å². The van der Waals surface area contributed by atoms with Gasteiger partial charge in [-0.3, -0.25) is 4.79 Å². The summed E-state index contributed by atoms with van der Waals surface area (Å²) in [4.78, 5) is 11.8. The number of carbonyl (C=O) groups excluding carboxylic acids is 1. The van der Waals surface area contributed by atoms with E-state index in [1.165, 1.54) is 6.92 Å². The summed E-state index contributed by atoms with van der Waals surface area (Å²) in [6, 6.07) is 9.48. The molecule has 0 atom stereocenters. The quantitative estimate of drug-likeness (QED) is 0.638. The van der Waals surface area contributed by atoms with Crippen LogP contribution in [0.25, 0.3) is 11.3 Å². The molecule has 1 heterocycles. The van der Waals surface area contributed by atoms with E-state index in [2.05, 4.69) is 27.8 Å². The molecule has 0 unspecified atom stereocenters. The highest BCUT2D eigenvalue weighted by molar-refractivity contribution is 6.18. The van der Waals surface area contributed by atoms with Gasteiger partial charge in [-0.1, -0.05) is 25.1 Å². The van der Waals surface area contributed by atoms with E-state index < -0.39 is 0 Å². The Bertz CT molecular complexity index is 603. The van der Waals surface area contributed by atoms with E-state index in [1.807, 2.05) is 30.3 Å². The smallest absolute Gasteiger partial charge is 0.192 e. The maximum absolute atomic E-state index is 11.8. The second-order valence-electron chi connectivity index (χ2n) is 4.32. The third kappa shape index (κ3) is 3.09. The van der Waals surface area contributed by atoms with Crippen LogP contribution in [0.5, 0.6) is 0 Å². The summed E-state index contributed by atoms with van der Waals surface area (Å²) in [5.74, 6) is 0.355. The Morgan fingerprint density at radius 2 is 2.10 bits per heavy atom. The van der Waals surface area contributed by atoms with Crippen molar-refractivity contribution in [3.63, 3.8) is 0 Å². The lowest BCUT2D eigenvalue weighted by Gasteiger charge is -2.06. The lowest BCUT2D eigenvalue weighted by atomic mass is 10.2. The van der Waals surface area contributed by atoms with Crippen LogP contribution in [0.3, 0.4) is 0 Å². The second-order valence-corrected chi connectivity index (χ2v) is 4.32. The van der Waals surface area contributed by atoms with Gasteiger partial charge < -0.3 is 5.32 Å². The third-order valence-corrected chi connectivity index (χ3v) is 2.73. The lowest BCUT2D eigenvalue weighted by Crippen LogP contribution is -2.12. The largest absolute Gasteiger partial charge is 0.390 e. The molecule has 6 nitrogen and oxygen atoms in total. The molecule has 0 saturated heterocycles. The van der Waals surface area contributed by atoms with Crippen molar-refractivity contribution in [3.8, 4) is 5.69 Å². The van der Waals surface area contributed by atoms with Crippen LogP contribution in [-0.2, 0) is 4.79 Å². The van der Waals surface area contributed by atoms with Crippen molar-refractivity contribution in [2.24, 2.45) is 0 Å². The van der Waals surface area contributed by atoms with Crippen LogP contribution in [0.1, 0.15) is 26.1 Å². The minimum atomic E-state index is -0.0828. The van der Waals surface area contributed by atoms with Crippen molar-refractivity contribution >= 4 is 11.4 Å². The number of hydrogen-bond donors (Lipinski definition) is 1. The van der Waals surface area contributed by atoms with Crippen molar-refractivity contribution in [2.75, 3.05) is 6.54 Å². The molecule has 0 spiro atoms. The van der Waals surface area contributed by atoms with Gasteiger partial charge in [0.25, 0.3) is 0 Å². The van der Waals surface area contributed by atoms with Crippen LogP contribution in [0.4, 0.5) is 0 Å². The number of aromatic nitrogens is 4. The first kappa shape index (κ1) is 13.9. The molecule has 0 fully saturated rings. The van der Waals surface area contributed by atoms with Gasteiger partial charge in [0.15, 0.2) is 11.6 Å². The number of tetrazole rings is 1. The summed E-state index contributed by atoms with van der Waals surface area (Å²) in [6.07, 6.45) is 2.66. The standard InChI is InChI=1S/C14H17N5O/c1-3-9-15-10-13(11(2)20)14-16-17-18-19(14)12-7-5-4-6-8-12/h4-8,10,15H,3,9H2,1-2H3. The Morgan fingerprint density at radius 3 is 2.75 bits per heavy atom. The zero-order valence-electron chi connectivity index (χ0n) is 11.6. The van der Waals surface area contributed by atoms with E-state index in [4.69, 9.17) is 0 Å². The Labute approximate surface area is 117 Å². The molecule has 0 aliphatic heterocycles. The SMILES string of the molecule is CCCNC=C(C(C)=O)c1nnnn1-c1ccccc1. The molecule has 2 rings (SSSR count). The number of Topliss-reactive ketones (excluding diaryl/α,β-unsaturated/α-hetero) is 1. The summed E-state index contributed by atoms with van der Waals surface area (Å²) in [6.45, 7) is 4.36. The number of benzene rings is 1. The van der Waals surface area contributed by atoms with Crippen molar-refractivity contribution in [1.29, 1.82) is 0 Å². The molecular formula is C14H17N5O. The van der Waals surface area contributed by atoms with Gasteiger partial charge in [0.05, 0.1) is 11.3 Å². The van der Waals surface area contributed by atoms with Crippen LogP contribution in [0.2, 0.25) is 0 Å². The van der Waals surface area contributed by atoms with E-state index in [0.29, 0.717) is 11.4 Å². The van der Waals surface area contributed by atoms with Crippen LogP contribution in [0, 0.1) is 0 Å². The lowest BCUT2D eigenvalue weighted by molar-refractivity contribution is -0.111. The first-order chi connectivity index (χ1) is 9.74. The van der Waals surface area contributed by atoms with Crippen molar-refractivity contribution in [3.05, 3.63) is 42.4 Å². The van der Waals surface area contributed by atoms with Crippen LogP contribution in [-0.4, -0.2) is 32.5 Å². The van der Waals surface area contributed by atoms with Gasteiger partial charge >= 0.3 is 0 Å². The highest BCUT2D eigenvalue weighted by Crippen LogP contribution is 2.15. The predicted octanol–water partition coefficient (Wildman–Crippen LogP) is 1.59. The van der Waals surface area contributed by atoms with Gasteiger partial charge in [-0.05, 0) is 35.9 Å². The molecule has 0 bridgehead atoms. The number of ketones is 1. The summed E-state index contributed by atoms with van der Waals surface area (Å²) in [5, 5.41) is 14.7. The molecule has 0 saturated carbocycles. The number of nitrogens with one attached hydrogen (secondary N) is 1. The van der Waals surface area contributed by atoms with Gasteiger partial charge in [-0.25, -0.2) is 0 Å². The molecule has 2 aromatic rings. The maximum atomic E-state index is 11.8. The highest BCUT2D eigenvalue weighted by atomic mass is 16.1. The third-order valence-electron chi connectivity index (χ3n) is 2.73. The fourth-order valence-corrected chi connectivity index (χ4v) is 1.74. The van der Waals surface area contributed by atoms with E-state index in [1.54, 1.807) is 10.9 Å². The highest BCUT2D eigenvalue weighted by Gasteiger charge is 2.16. The fraction of sp³-hybridized carbons (Fsp3) is 0.286. The van der Waals surface area contributed by atoms with Gasteiger partial charge in [0, 0.05) is 12.7 Å². The molecule has 1 N–H and O–H groups in total. The normalized spacial score (nSPS) is 11.4. The summed E-state index contributed by atoms with van der Waals surface area (Å²) >= 11 is 0. The van der Waals surface area contributed by atoms with Gasteiger partial charge in [0.1, 0.15) is 0 Å². The zero-order chi connectivity index (χ0) is 14.4. The van der Waals surface area contributed by atoms with E-state index in [0.717, 1.165) is 18.7 Å². The minimum Gasteiger partial charge on any atom is -0.390 e. The number of allylic oxidation sites excluding steroid dienone is 1. The maximum Gasteiger partial charge on any atom is 0.192 e. The van der Waals surface area contributed by atoms with Crippen LogP contribution in [0.15, 0.2) is 36.5 Å².